The van der Waals surface area contributed by atoms with Gasteiger partial charge in [-0.3, -0.25) is 4.79 Å². The Bertz CT molecular complexity index is 1230. The molecule has 3 rings (SSSR count). The first-order valence-corrected chi connectivity index (χ1v) is 10.7. The van der Waals surface area contributed by atoms with E-state index < -0.39 is 5.91 Å². The van der Waals surface area contributed by atoms with Crippen LogP contribution in [-0.4, -0.2) is 13.0 Å². The predicted molar refractivity (Wildman–Crippen MR) is 130 cm³/mol. The van der Waals surface area contributed by atoms with Gasteiger partial charge in [0.05, 0.1) is 7.11 Å². The van der Waals surface area contributed by atoms with E-state index >= 15 is 0 Å². The topological polar surface area (TPSA) is 71.4 Å². The molecule has 0 fully saturated rings. The second-order valence-electron chi connectivity index (χ2n) is 7.48. The molecule has 0 aliphatic carbocycles. The van der Waals surface area contributed by atoms with Gasteiger partial charge < -0.3 is 14.8 Å². The molecule has 0 radical (unpaired) electrons. The molecule has 0 aromatic heterocycles. The highest BCUT2D eigenvalue weighted by Crippen LogP contribution is 2.24. The molecule has 0 unspecified atom stereocenters. The van der Waals surface area contributed by atoms with Gasteiger partial charge in [-0.25, -0.2) is 4.39 Å². The van der Waals surface area contributed by atoms with Crippen molar-refractivity contribution in [1.29, 1.82) is 5.26 Å². The van der Waals surface area contributed by atoms with Crippen LogP contribution in [0.1, 0.15) is 22.3 Å². The average molecular weight is 457 g/mol. The van der Waals surface area contributed by atoms with Gasteiger partial charge in [0.1, 0.15) is 35.6 Å². The number of nitriles is 1. The van der Waals surface area contributed by atoms with Crippen LogP contribution in [0.15, 0.2) is 85.0 Å². The van der Waals surface area contributed by atoms with E-state index in [9.17, 15) is 14.4 Å². The van der Waals surface area contributed by atoms with Crippen LogP contribution in [0.4, 0.5) is 4.39 Å². The lowest BCUT2D eigenvalue weighted by atomic mass is 10.0. The first-order valence-electron chi connectivity index (χ1n) is 10.7. The van der Waals surface area contributed by atoms with E-state index in [2.05, 4.69) is 11.9 Å². The van der Waals surface area contributed by atoms with Crippen molar-refractivity contribution >= 4 is 12.0 Å². The van der Waals surface area contributed by atoms with E-state index in [0.717, 1.165) is 16.9 Å². The highest BCUT2D eigenvalue weighted by Gasteiger charge is 2.11. The SMILES string of the molecule is C=CCc1cc(/C=C(/C#N)C(=O)NCc2ccc(OC)cc2)ccc1OCc1cccc(F)c1. The normalized spacial score (nSPS) is 10.8. The van der Waals surface area contributed by atoms with Crippen LogP contribution >= 0.6 is 0 Å². The number of carbonyl (C=O) groups is 1. The zero-order chi connectivity index (χ0) is 24.3. The van der Waals surface area contributed by atoms with Crippen molar-refractivity contribution in [3.63, 3.8) is 0 Å². The van der Waals surface area contributed by atoms with Crippen molar-refractivity contribution in [3.05, 3.63) is 113 Å². The van der Waals surface area contributed by atoms with Crippen molar-refractivity contribution in [2.24, 2.45) is 0 Å². The van der Waals surface area contributed by atoms with Gasteiger partial charge in [-0.05, 0) is 71.1 Å². The van der Waals surface area contributed by atoms with Gasteiger partial charge in [0.2, 0.25) is 0 Å². The summed E-state index contributed by atoms with van der Waals surface area (Å²) in [6, 6.07) is 20.9. The van der Waals surface area contributed by atoms with E-state index in [1.807, 2.05) is 36.4 Å². The maximum absolute atomic E-state index is 13.4. The molecule has 0 spiro atoms. The molecule has 0 bridgehead atoms. The van der Waals surface area contributed by atoms with Crippen molar-refractivity contribution in [2.75, 3.05) is 7.11 Å². The molecule has 0 aliphatic heterocycles. The van der Waals surface area contributed by atoms with E-state index in [-0.39, 0.29) is 24.5 Å². The fraction of sp³-hybridized carbons (Fsp3) is 0.143. The van der Waals surface area contributed by atoms with Crippen LogP contribution in [0, 0.1) is 17.1 Å². The Morgan fingerprint density at radius 3 is 2.59 bits per heavy atom. The summed E-state index contributed by atoms with van der Waals surface area (Å²) in [4.78, 5) is 12.5. The zero-order valence-electron chi connectivity index (χ0n) is 18.9. The van der Waals surface area contributed by atoms with Crippen molar-refractivity contribution in [1.82, 2.24) is 5.32 Å². The van der Waals surface area contributed by atoms with Crippen LogP contribution in [0.2, 0.25) is 0 Å². The number of carbonyl (C=O) groups excluding carboxylic acids is 1. The standard InChI is InChI=1S/C28H25FN2O3/c1-3-5-23-14-21(10-13-27(23)34-19-22-6-4-7-25(29)16-22)15-24(17-30)28(32)31-18-20-8-11-26(33-2)12-9-20/h3-4,6-16H,1,5,18-19H2,2H3,(H,31,32)/b24-15-. The summed E-state index contributed by atoms with van der Waals surface area (Å²) in [5, 5.41) is 12.3. The highest BCUT2D eigenvalue weighted by molar-refractivity contribution is 6.01. The van der Waals surface area contributed by atoms with Crippen molar-refractivity contribution in [2.45, 2.75) is 19.6 Å². The minimum absolute atomic E-state index is 0.00788. The first-order chi connectivity index (χ1) is 16.5. The van der Waals surface area contributed by atoms with Crippen LogP contribution in [0.25, 0.3) is 6.08 Å². The molecule has 34 heavy (non-hydrogen) atoms. The predicted octanol–water partition coefficient (Wildman–Crippen LogP) is 5.37. The van der Waals surface area contributed by atoms with Gasteiger partial charge in [0.25, 0.3) is 5.91 Å². The van der Waals surface area contributed by atoms with E-state index in [0.29, 0.717) is 23.3 Å². The van der Waals surface area contributed by atoms with E-state index in [4.69, 9.17) is 9.47 Å². The molecule has 0 saturated carbocycles. The number of hydrogen-bond donors (Lipinski definition) is 1. The molecular weight excluding hydrogens is 431 g/mol. The summed E-state index contributed by atoms with van der Waals surface area (Å²) in [7, 11) is 1.59. The summed E-state index contributed by atoms with van der Waals surface area (Å²) < 4.78 is 24.4. The number of rotatable bonds is 10. The Morgan fingerprint density at radius 1 is 1.12 bits per heavy atom. The van der Waals surface area contributed by atoms with Gasteiger partial charge in [0, 0.05) is 6.54 Å². The Kier molecular flexibility index (Phi) is 8.59. The zero-order valence-corrected chi connectivity index (χ0v) is 18.9. The summed E-state index contributed by atoms with van der Waals surface area (Å²) in [5.41, 5.74) is 3.13. The van der Waals surface area contributed by atoms with Gasteiger partial charge in [-0.1, -0.05) is 36.4 Å². The lowest BCUT2D eigenvalue weighted by Crippen LogP contribution is -2.23. The summed E-state index contributed by atoms with van der Waals surface area (Å²) in [6.07, 6.45) is 3.81. The number of ether oxygens (including phenoxy) is 2. The van der Waals surface area contributed by atoms with Gasteiger partial charge >= 0.3 is 0 Å². The number of nitrogens with one attached hydrogen (secondary N) is 1. The second-order valence-corrected chi connectivity index (χ2v) is 7.48. The Hall–Kier alpha value is -4.37. The number of halogens is 1. The van der Waals surface area contributed by atoms with Crippen LogP contribution in [0.5, 0.6) is 11.5 Å². The van der Waals surface area contributed by atoms with Crippen LogP contribution in [0.3, 0.4) is 0 Å². The van der Waals surface area contributed by atoms with Crippen molar-refractivity contribution in [3.8, 4) is 17.6 Å². The third-order valence-corrected chi connectivity index (χ3v) is 5.02. The Morgan fingerprint density at radius 2 is 1.91 bits per heavy atom. The Labute approximate surface area is 198 Å². The molecule has 0 aliphatic rings. The fourth-order valence-electron chi connectivity index (χ4n) is 3.27. The number of hydrogen-bond acceptors (Lipinski definition) is 4. The molecule has 3 aromatic rings. The molecule has 172 valence electrons. The van der Waals surface area contributed by atoms with Crippen LogP contribution in [-0.2, 0) is 24.4 Å². The molecule has 0 heterocycles. The van der Waals surface area contributed by atoms with E-state index in [1.165, 1.54) is 18.2 Å². The van der Waals surface area contributed by atoms with E-state index in [1.54, 1.807) is 37.5 Å². The summed E-state index contributed by atoms with van der Waals surface area (Å²) in [5.74, 6) is 0.576. The molecule has 6 heteroatoms. The highest BCUT2D eigenvalue weighted by atomic mass is 19.1. The number of nitrogens with zero attached hydrogens (tertiary/aromatic N) is 1. The molecule has 3 aromatic carbocycles. The fourth-order valence-corrected chi connectivity index (χ4v) is 3.27. The second kappa shape index (κ2) is 12.0. The molecule has 1 N–H and O–H groups in total. The molecule has 0 saturated heterocycles. The number of amides is 1. The number of benzene rings is 3. The maximum Gasteiger partial charge on any atom is 0.262 e. The molecule has 1 amide bonds. The third kappa shape index (κ3) is 6.81. The smallest absolute Gasteiger partial charge is 0.262 e. The van der Waals surface area contributed by atoms with Gasteiger partial charge in [-0.15, -0.1) is 6.58 Å². The Balaban J connectivity index is 1.71. The third-order valence-electron chi connectivity index (χ3n) is 5.02. The number of allylic oxidation sites excluding steroid dienone is 1. The minimum Gasteiger partial charge on any atom is -0.497 e. The lowest BCUT2D eigenvalue weighted by molar-refractivity contribution is -0.117. The summed E-state index contributed by atoms with van der Waals surface area (Å²) in [6.45, 7) is 4.29. The van der Waals surface area contributed by atoms with Crippen molar-refractivity contribution < 1.29 is 18.7 Å². The van der Waals surface area contributed by atoms with Crippen LogP contribution < -0.4 is 14.8 Å². The largest absolute Gasteiger partial charge is 0.497 e. The molecule has 5 nitrogen and oxygen atoms in total. The minimum atomic E-state index is -0.463. The number of methoxy groups -OCH3 is 1. The van der Waals surface area contributed by atoms with Gasteiger partial charge in [-0.2, -0.15) is 5.26 Å². The quantitative estimate of drug-likeness (QED) is 0.253. The first kappa shape index (κ1) is 24.3. The average Bonchev–Trinajstić information content (AvgIpc) is 2.86. The van der Waals surface area contributed by atoms with Gasteiger partial charge in [0.15, 0.2) is 0 Å². The summed E-state index contributed by atoms with van der Waals surface area (Å²) >= 11 is 0. The molecular formula is C28H25FN2O3. The lowest BCUT2D eigenvalue weighted by Gasteiger charge is -2.12. The maximum atomic E-state index is 13.4. The monoisotopic (exact) mass is 456 g/mol. The molecule has 0 atom stereocenters.